The minimum absolute atomic E-state index is 0.0180. The molecule has 216 valence electrons. The molecule has 1 heterocycles. The summed E-state index contributed by atoms with van der Waals surface area (Å²) in [6, 6.07) is 17.1. The van der Waals surface area contributed by atoms with Crippen LogP contribution in [0.15, 0.2) is 72.8 Å². The normalized spacial score (nSPS) is 17.3. The molecule has 0 spiro atoms. The number of carbonyl (C=O) groups is 3. The molecule has 1 aliphatic rings. The average molecular weight is 567 g/mol. The van der Waals surface area contributed by atoms with Crippen LogP contribution in [0.2, 0.25) is 0 Å². The summed E-state index contributed by atoms with van der Waals surface area (Å²) in [7, 11) is 0. The van der Waals surface area contributed by atoms with Gasteiger partial charge in [0.2, 0.25) is 11.8 Å². The van der Waals surface area contributed by atoms with Crippen molar-refractivity contribution in [2.75, 3.05) is 16.8 Å². The Morgan fingerprint density at radius 1 is 0.951 bits per heavy atom. The molecular formula is C31H33F3N4O3. The number of fused-ring (bicyclic) bond motifs is 1. The summed E-state index contributed by atoms with van der Waals surface area (Å²) >= 11 is 0. The number of hydrogen-bond donors (Lipinski definition) is 3. The van der Waals surface area contributed by atoms with Crippen molar-refractivity contribution in [3.05, 3.63) is 95.1 Å². The van der Waals surface area contributed by atoms with Crippen LogP contribution in [-0.4, -0.2) is 36.0 Å². The predicted molar refractivity (Wildman–Crippen MR) is 152 cm³/mol. The Balaban J connectivity index is 1.74. The molecule has 7 nitrogen and oxygen atoms in total. The van der Waals surface area contributed by atoms with Crippen LogP contribution in [0.25, 0.3) is 0 Å². The maximum absolute atomic E-state index is 14.0. The number of benzene rings is 3. The molecule has 4 amide bonds. The van der Waals surface area contributed by atoms with E-state index in [1.807, 2.05) is 39.8 Å². The van der Waals surface area contributed by atoms with Crippen molar-refractivity contribution in [3.63, 3.8) is 0 Å². The van der Waals surface area contributed by atoms with Gasteiger partial charge in [0.05, 0.1) is 5.56 Å². The molecule has 41 heavy (non-hydrogen) atoms. The Kier molecular flexibility index (Phi) is 8.42. The van der Waals surface area contributed by atoms with Crippen molar-refractivity contribution in [1.29, 1.82) is 0 Å². The highest BCUT2D eigenvalue weighted by atomic mass is 19.4. The summed E-state index contributed by atoms with van der Waals surface area (Å²) in [5.74, 6) is -1.64. The van der Waals surface area contributed by atoms with E-state index in [1.165, 1.54) is 11.0 Å². The summed E-state index contributed by atoms with van der Waals surface area (Å²) in [6.45, 7) is 7.01. The lowest BCUT2D eigenvalue weighted by atomic mass is 9.85. The Morgan fingerprint density at radius 2 is 1.63 bits per heavy atom. The van der Waals surface area contributed by atoms with E-state index < -0.39 is 47.1 Å². The summed E-state index contributed by atoms with van der Waals surface area (Å²) < 4.78 is 40.9. The van der Waals surface area contributed by atoms with Gasteiger partial charge in [-0.3, -0.25) is 9.59 Å². The van der Waals surface area contributed by atoms with Crippen LogP contribution < -0.4 is 20.9 Å². The molecule has 1 aliphatic heterocycles. The zero-order valence-electron chi connectivity index (χ0n) is 23.3. The second kappa shape index (κ2) is 11.6. The Bertz CT molecular complexity index is 1430. The van der Waals surface area contributed by atoms with Gasteiger partial charge in [-0.05, 0) is 69.5 Å². The van der Waals surface area contributed by atoms with Crippen molar-refractivity contribution < 1.29 is 27.6 Å². The third-order valence-electron chi connectivity index (χ3n) is 6.69. The number of nitrogens with zero attached hydrogens (tertiary/aromatic N) is 1. The van der Waals surface area contributed by atoms with Gasteiger partial charge in [0.25, 0.3) is 0 Å². The molecular weight excluding hydrogens is 533 g/mol. The first-order valence-corrected chi connectivity index (χ1v) is 13.2. The highest BCUT2D eigenvalue weighted by molar-refractivity contribution is 6.05. The van der Waals surface area contributed by atoms with Crippen molar-refractivity contribution in [1.82, 2.24) is 10.6 Å². The van der Waals surface area contributed by atoms with E-state index in [4.69, 9.17) is 0 Å². The van der Waals surface area contributed by atoms with Gasteiger partial charge in [0.15, 0.2) is 0 Å². The number of amides is 4. The molecule has 0 bridgehead atoms. The van der Waals surface area contributed by atoms with Crippen LogP contribution >= 0.6 is 0 Å². The first kappa shape index (κ1) is 29.6. The number of hydrogen-bond acceptors (Lipinski definition) is 3. The molecule has 10 heteroatoms. The molecule has 3 aromatic carbocycles. The van der Waals surface area contributed by atoms with E-state index in [0.29, 0.717) is 22.5 Å². The summed E-state index contributed by atoms with van der Waals surface area (Å²) in [5.41, 5.74) is 1.45. The lowest BCUT2D eigenvalue weighted by molar-refractivity contribution is -0.137. The molecule has 0 saturated carbocycles. The molecule has 0 fully saturated rings. The van der Waals surface area contributed by atoms with Crippen LogP contribution in [0.1, 0.15) is 55.4 Å². The summed E-state index contributed by atoms with van der Waals surface area (Å²) in [5, 5.41) is 8.25. The van der Waals surface area contributed by atoms with Gasteiger partial charge in [-0.25, -0.2) is 4.79 Å². The zero-order valence-corrected chi connectivity index (χ0v) is 23.3. The number of urea groups is 1. The van der Waals surface area contributed by atoms with Gasteiger partial charge < -0.3 is 20.9 Å². The topological polar surface area (TPSA) is 90.5 Å². The standard InChI is InChI=1S/C31H33F3N4O3/c1-19-12-14-22(15-13-19)35-29(41)36-25-17-24(20-8-7-9-21(16-20)31(32,33)34)23-10-5-6-11-26(23)38(28(25)40)18-27(39)37-30(2,3)4/h5-16,24-25H,17-18H2,1-4H3,(H,37,39)(H2,35,36,41). The average Bonchev–Trinajstić information content (AvgIpc) is 2.99. The maximum Gasteiger partial charge on any atom is 0.416 e. The van der Waals surface area contributed by atoms with E-state index in [0.717, 1.165) is 17.7 Å². The number of alkyl halides is 3. The quantitative estimate of drug-likeness (QED) is 0.355. The molecule has 4 rings (SSSR count). The first-order chi connectivity index (χ1) is 19.2. The van der Waals surface area contributed by atoms with Gasteiger partial charge in [-0.1, -0.05) is 54.1 Å². The van der Waals surface area contributed by atoms with E-state index >= 15 is 0 Å². The van der Waals surface area contributed by atoms with Crippen LogP contribution in [0.3, 0.4) is 0 Å². The van der Waals surface area contributed by atoms with E-state index in [2.05, 4.69) is 16.0 Å². The van der Waals surface area contributed by atoms with E-state index in [1.54, 1.807) is 42.5 Å². The molecule has 0 radical (unpaired) electrons. The van der Waals surface area contributed by atoms with Crippen molar-refractivity contribution in [2.45, 2.75) is 57.8 Å². The highest BCUT2D eigenvalue weighted by Gasteiger charge is 2.38. The summed E-state index contributed by atoms with van der Waals surface area (Å²) in [4.78, 5) is 41.3. The highest BCUT2D eigenvalue weighted by Crippen LogP contribution is 2.41. The second-order valence-electron chi connectivity index (χ2n) is 11.2. The largest absolute Gasteiger partial charge is 0.416 e. The van der Waals surface area contributed by atoms with Crippen LogP contribution in [-0.2, 0) is 15.8 Å². The SMILES string of the molecule is Cc1ccc(NC(=O)NC2CC(c3cccc(C(F)(F)F)c3)c3ccccc3N(CC(=O)NC(C)(C)C)C2=O)cc1. The molecule has 3 N–H and O–H groups in total. The summed E-state index contributed by atoms with van der Waals surface area (Å²) in [6.07, 6.45) is -4.57. The Labute approximate surface area is 237 Å². The van der Waals surface area contributed by atoms with E-state index in [9.17, 15) is 27.6 Å². The van der Waals surface area contributed by atoms with E-state index in [-0.39, 0.29) is 13.0 Å². The Morgan fingerprint density at radius 3 is 2.29 bits per heavy atom. The first-order valence-electron chi connectivity index (χ1n) is 13.2. The third kappa shape index (κ3) is 7.45. The van der Waals surface area contributed by atoms with Gasteiger partial charge in [-0.15, -0.1) is 0 Å². The monoisotopic (exact) mass is 566 g/mol. The number of rotatable bonds is 5. The fourth-order valence-corrected chi connectivity index (χ4v) is 4.89. The minimum Gasteiger partial charge on any atom is -0.350 e. The van der Waals surface area contributed by atoms with Gasteiger partial charge >= 0.3 is 12.2 Å². The van der Waals surface area contributed by atoms with Gasteiger partial charge in [0.1, 0.15) is 12.6 Å². The fraction of sp³-hybridized carbons (Fsp3) is 0.323. The maximum atomic E-state index is 14.0. The number of carbonyl (C=O) groups excluding carboxylic acids is 3. The number of halogens is 3. The predicted octanol–water partition coefficient (Wildman–Crippen LogP) is 5.99. The Hall–Kier alpha value is -4.34. The number of para-hydroxylation sites is 1. The van der Waals surface area contributed by atoms with Crippen LogP contribution in [0.4, 0.5) is 29.3 Å². The molecule has 3 aromatic rings. The molecule has 0 aliphatic carbocycles. The number of nitrogens with one attached hydrogen (secondary N) is 3. The second-order valence-corrected chi connectivity index (χ2v) is 11.2. The zero-order chi connectivity index (χ0) is 29.9. The third-order valence-corrected chi connectivity index (χ3v) is 6.69. The minimum atomic E-state index is -4.56. The van der Waals surface area contributed by atoms with Crippen LogP contribution in [0, 0.1) is 6.92 Å². The fourth-order valence-electron chi connectivity index (χ4n) is 4.89. The molecule has 2 atom stereocenters. The molecule has 2 unspecified atom stereocenters. The molecule has 0 saturated heterocycles. The van der Waals surface area contributed by atoms with Crippen LogP contribution in [0.5, 0.6) is 0 Å². The van der Waals surface area contributed by atoms with Gasteiger partial charge in [0, 0.05) is 22.8 Å². The van der Waals surface area contributed by atoms with Crippen molar-refractivity contribution in [2.24, 2.45) is 0 Å². The smallest absolute Gasteiger partial charge is 0.350 e. The van der Waals surface area contributed by atoms with Gasteiger partial charge in [-0.2, -0.15) is 13.2 Å². The lowest BCUT2D eigenvalue weighted by Crippen LogP contribution is -2.53. The number of aryl methyl sites for hydroxylation is 1. The van der Waals surface area contributed by atoms with Crippen molar-refractivity contribution in [3.8, 4) is 0 Å². The molecule has 0 aromatic heterocycles. The number of anilines is 2. The lowest BCUT2D eigenvalue weighted by Gasteiger charge is -2.28. The van der Waals surface area contributed by atoms with Crippen molar-refractivity contribution >= 4 is 29.2 Å².